The van der Waals surface area contributed by atoms with Crippen LogP contribution in [0.1, 0.15) is 56.4 Å². The smallest absolute Gasteiger partial charge is 0.451 e. The average molecular weight is 722 g/mol. The molecule has 0 radical (unpaired) electrons. The molecule has 272 valence electrons. The van der Waals surface area contributed by atoms with Crippen molar-refractivity contribution in [1.29, 1.82) is 0 Å². The number of benzene rings is 2. The maximum atomic E-state index is 14.7. The predicted molar refractivity (Wildman–Crippen MR) is 152 cm³/mol. The molecule has 50 heavy (non-hydrogen) atoms. The van der Waals surface area contributed by atoms with Crippen molar-refractivity contribution < 1.29 is 59.0 Å². The molecule has 10 nitrogen and oxygen atoms in total. The van der Waals surface area contributed by atoms with Crippen LogP contribution in [0.15, 0.2) is 24.3 Å². The number of halogens is 9. The minimum absolute atomic E-state index is 0.194. The Morgan fingerprint density at radius 1 is 0.820 bits per heavy atom. The van der Waals surface area contributed by atoms with E-state index in [-0.39, 0.29) is 31.0 Å². The Labute approximate surface area is 278 Å². The van der Waals surface area contributed by atoms with Crippen LogP contribution in [0.25, 0.3) is 0 Å². The fourth-order valence-corrected chi connectivity index (χ4v) is 5.78. The van der Waals surface area contributed by atoms with E-state index in [2.05, 4.69) is 15.5 Å². The first-order valence-corrected chi connectivity index (χ1v) is 15.0. The summed E-state index contributed by atoms with van der Waals surface area (Å²) in [6.07, 6.45) is -9.33. The summed E-state index contributed by atoms with van der Waals surface area (Å²) in [5.74, 6) is -11.6. The van der Waals surface area contributed by atoms with E-state index in [0.717, 1.165) is 9.47 Å². The number of nitrogens with zero attached hydrogens (tertiary/aromatic N) is 5. The summed E-state index contributed by atoms with van der Waals surface area (Å²) >= 11 is 0. The van der Waals surface area contributed by atoms with Crippen LogP contribution < -0.4 is 10.4 Å². The van der Waals surface area contributed by atoms with Crippen molar-refractivity contribution in [2.45, 2.75) is 83.3 Å². The van der Waals surface area contributed by atoms with Gasteiger partial charge in [-0.2, -0.15) is 13.2 Å². The Kier molecular flexibility index (Phi) is 11.1. The molecule has 1 N–H and O–H groups in total. The molecule has 2 heterocycles. The zero-order valence-electron chi connectivity index (χ0n) is 26.7. The first-order valence-electron chi connectivity index (χ1n) is 15.0. The molecule has 4 rings (SSSR count). The SMILES string of the molecule is CC(C)(C)N(C(=O)[O-])[C@@H](CC(=O)N[C@@H](CC(=O)N1CCn2c(nnc2C(F)(F)F)C1)Cc1cc(F)c(F)cc1F)Cc1cc(F)c(F)cc1F. The number of carbonyl (C=O) groups is 3. The highest BCUT2D eigenvalue weighted by atomic mass is 19.4. The van der Waals surface area contributed by atoms with Crippen molar-refractivity contribution in [3.63, 3.8) is 0 Å². The van der Waals surface area contributed by atoms with E-state index in [9.17, 15) is 59.0 Å². The first-order chi connectivity index (χ1) is 23.1. The van der Waals surface area contributed by atoms with Gasteiger partial charge in [-0.3, -0.25) is 9.59 Å². The van der Waals surface area contributed by atoms with Gasteiger partial charge in [0.1, 0.15) is 17.7 Å². The second-order valence-corrected chi connectivity index (χ2v) is 12.7. The van der Waals surface area contributed by atoms with Crippen LogP contribution in [0.4, 0.5) is 44.3 Å². The number of fused-ring (bicyclic) bond motifs is 1. The van der Waals surface area contributed by atoms with E-state index < -0.39 is 126 Å². The molecule has 0 saturated carbocycles. The van der Waals surface area contributed by atoms with Gasteiger partial charge in [0, 0.05) is 55.7 Å². The molecule has 1 aliphatic heterocycles. The molecule has 1 aliphatic rings. The van der Waals surface area contributed by atoms with Gasteiger partial charge in [-0.15, -0.1) is 10.2 Å². The summed E-state index contributed by atoms with van der Waals surface area (Å²) in [7, 11) is 0. The van der Waals surface area contributed by atoms with Crippen molar-refractivity contribution in [3.8, 4) is 0 Å². The summed E-state index contributed by atoms with van der Waals surface area (Å²) < 4.78 is 125. The Morgan fingerprint density at radius 3 is 1.88 bits per heavy atom. The number of rotatable bonds is 10. The Bertz CT molecular complexity index is 1780. The largest absolute Gasteiger partial charge is 0.530 e. The summed E-state index contributed by atoms with van der Waals surface area (Å²) in [5.41, 5.74) is -2.25. The number of amides is 3. The Balaban J connectivity index is 1.61. The molecule has 3 amide bonds. The number of carbonyl (C=O) groups excluding carboxylic acids is 3. The molecule has 0 spiro atoms. The lowest BCUT2D eigenvalue weighted by molar-refractivity contribution is -0.273. The molecule has 0 fully saturated rings. The van der Waals surface area contributed by atoms with E-state index in [1.807, 2.05) is 0 Å². The lowest BCUT2D eigenvalue weighted by atomic mass is 9.95. The molecule has 0 saturated heterocycles. The van der Waals surface area contributed by atoms with Gasteiger partial charge < -0.3 is 29.6 Å². The van der Waals surface area contributed by atoms with Crippen LogP contribution in [0.2, 0.25) is 0 Å². The third kappa shape index (κ3) is 8.84. The second kappa shape index (κ2) is 14.6. The fraction of sp³-hybridized carbons (Fsp3) is 0.452. The van der Waals surface area contributed by atoms with E-state index >= 15 is 0 Å². The topological polar surface area (TPSA) is 123 Å². The first kappa shape index (κ1) is 38.0. The fourth-order valence-electron chi connectivity index (χ4n) is 5.78. The Morgan fingerprint density at radius 2 is 1.36 bits per heavy atom. The molecule has 19 heteroatoms. The zero-order chi connectivity index (χ0) is 37.3. The minimum atomic E-state index is -4.81. The summed E-state index contributed by atoms with van der Waals surface area (Å²) in [5, 5.41) is 21.3. The van der Waals surface area contributed by atoms with Crippen LogP contribution in [0.3, 0.4) is 0 Å². The maximum absolute atomic E-state index is 14.7. The van der Waals surface area contributed by atoms with E-state index in [1.54, 1.807) is 0 Å². The van der Waals surface area contributed by atoms with Crippen LogP contribution in [-0.4, -0.2) is 66.6 Å². The highest BCUT2D eigenvalue weighted by Crippen LogP contribution is 2.30. The molecular weight excluding hydrogens is 691 g/mol. The van der Waals surface area contributed by atoms with Gasteiger partial charge in [-0.1, -0.05) is 0 Å². The monoisotopic (exact) mass is 721 g/mol. The van der Waals surface area contributed by atoms with Crippen LogP contribution in [-0.2, 0) is 41.7 Å². The lowest BCUT2D eigenvalue weighted by Gasteiger charge is -2.44. The number of hydrogen-bond acceptors (Lipinski definition) is 6. The zero-order valence-corrected chi connectivity index (χ0v) is 26.7. The van der Waals surface area contributed by atoms with Crippen molar-refractivity contribution in [3.05, 3.63) is 81.9 Å². The highest BCUT2D eigenvalue weighted by Gasteiger charge is 2.40. The van der Waals surface area contributed by atoms with Crippen LogP contribution in [0, 0.1) is 34.9 Å². The van der Waals surface area contributed by atoms with Gasteiger partial charge in [-0.25, -0.2) is 26.3 Å². The summed E-state index contributed by atoms with van der Waals surface area (Å²) in [4.78, 5) is 40.8. The molecule has 0 bridgehead atoms. The van der Waals surface area contributed by atoms with Crippen LogP contribution >= 0.6 is 0 Å². The maximum Gasteiger partial charge on any atom is 0.451 e. The number of carboxylic acid groups (broad SMARTS) is 1. The van der Waals surface area contributed by atoms with Crippen molar-refractivity contribution >= 4 is 17.9 Å². The molecule has 1 aromatic heterocycles. The lowest BCUT2D eigenvalue weighted by Crippen LogP contribution is -2.58. The number of aromatic nitrogens is 3. The molecule has 0 unspecified atom stereocenters. The van der Waals surface area contributed by atoms with Crippen LogP contribution in [0.5, 0.6) is 0 Å². The number of nitrogens with one attached hydrogen (secondary N) is 1. The summed E-state index contributed by atoms with van der Waals surface area (Å²) in [6.45, 7) is 3.24. The van der Waals surface area contributed by atoms with Crippen molar-refractivity contribution in [1.82, 2.24) is 29.9 Å². The van der Waals surface area contributed by atoms with Gasteiger partial charge in [0.2, 0.25) is 17.6 Å². The third-order valence-corrected chi connectivity index (χ3v) is 7.95. The van der Waals surface area contributed by atoms with Gasteiger partial charge >= 0.3 is 6.18 Å². The molecule has 2 aromatic carbocycles. The van der Waals surface area contributed by atoms with Crippen molar-refractivity contribution in [2.24, 2.45) is 0 Å². The predicted octanol–water partition coefficient (Wildman–Crippen LogP) is 4.04. The molecule has 2 atom stereocenters. The normalized spacial score (nSPS) is 14.6. The van der Waals surface area contributed by atoms with Crippen molar-refractivity contribution in [2.75, 3.05) is 6.54 Å². The van der Waals surface area contributed by atoms with E-state index in [4.69, 9.17) is 0 Å². The number of hydrogen-bond donors (Lipinski definition) is 1. The standard InChI is InChI=1S/C31H31F9N6O4/c1-30(2,3)46(29(49)50)18(7-16-9-22(35)24(37)13-20(16)33)11-26(47)41-17(6-15-8-21(34)23(36)12-19(15)32)10-27(48)44-4-5-45-25(14-44)42-43-28(45)31(38,39)40/h8-9,12-13,17-18H,4-7,10-11,14H2,1-3H3,(H,41,47)(H,49,50)/p-1/t17-,18-/m1/s1. The van der Waals surface area contributed by atoms with E-state index in [1.165, 1.54) is 20.8 Å². The Hall–Kier alpha value is -4.84. The summed E-state index contributed by atoms with van der Waals surface area (Å²) in [6, 6.07) is -1.39. The minimum Gasteiger partial charge on any atom is -0.530 e. The van der Waals surface area contributed by atoms with Gasteiger partial charge in [0.05, 0.1) is 6.54 Å². The molecule has 3 aromatic rings. The third-order valence-electron chi connectivity index (χ3n) is 7.95. The average Bonchev–Trinajstić information content (AvgIpc) is 3.42. The van der Waals surface area contributed by atoms with Gasteiger partial charge in [-0.05, 0) is 56.9 Å². The second-order valence-electron chi connectivity index (χ2n) is 12.7. The molecule has 0 aliphatic carbocycles. The van der Waals surface area contributed by atoms with E-state index in [0.29, 0.717) is 17.0 Å². The highest BCUT2D eigenvalue weighted by molar-refractivity contribution is 5.81. The quantitative estimate of drug-likeness (QED) is 0.249. The van der Waals surface area contributed by atoms with Gasteiger partial charge in [0.15, 0.2) is 29.1 Å². The number of alkyl halides is 3. The molecular formula is C31H30F9N6O4-. The van der Waals surface area contributed by atoms with Gasteiger partial charge in [0.25, 0.3) is 0 Å².